The highest BCUT2D eigenvalue weighted by Gasteiger charge is 2.32. The molecule has 0 unspecified atom stereocenters. The Morgan fingerprint density at radius 2 is 1.15 bits per heavy atom. The average Bonchev–Trinajstić information content (AvgIpc) is 3.13. The number of nitrogens with one attached hydrogen (secondary N) is 1. The second-order valence-electron chi connectivity index (χ2n) is 16.0. The molecule has 0 radical (unpaired) electrons. The number of rotatable bonds is 13. The van der Waals surface area contributed by atoms with Gasteiger partial charge in [-0.05, 0) is 70.9 Å². The van der Waals surface area contributed by atoms with Gasteiger partial charge in [0.15, 0.2) is 0 Å². The van der Waals surface area contributed by atoms with Crippen molar-refractivity contribution in [2.75, 3.05) is 18.4 Å². The molecule has 284 valence electrons. The minimum absolute atomic E-state index is 0.0393. The number of hydrogen-bond acceptors (Lipinski definition) is 6. The summed E-state index contributed by atoms with van der Waals surface area (Å²) in [5.41, 5.74) is 4.84. The highest BCUT2D eigenvalue weighted by atomic mass is 16.3. The van der Waals surface area contributed by atoms with Crippen LogP contribution in [-0.2, 0) is 0 Å². The van der Waals surface area contributed by atoms with Crippen LogP contribution in [0.1, 0.15) is 141 Å². The third-order valence-corrected chi connectivity index (χ3v) is 10.9. The molecule has 1 aliphatic carbocycles. The molecule has 4 aromatic rings. The van der Waals surface area contributed by atoms with E-state index in [0.29, 0.717) is 68.2 Å². The van der Waals surface area contributed by atoms with E-state index in [0.717, 1.165) is 47.9 Å². The SMILES string of the molecule is CCCCN=c1cc2c(=O)n(-c3c(C(C)C)cccc3C(C)C)c(=O)c3c(NCCCC)cc4c(O)n(-c5c(C(C)C)cccc5C(C)C)c(=O)c1c4c3-2. The standard InChI is InChI=1S/C46H56N4O4/c1-11-13-21-47-35-23-33-38-37-34(44(52)49(45(53)39(35)37)41-29(25(3)4)17-15-18-30(41)26(5)6)24-36(48-22-14-12-2)40(38)46(54)50(43(33)51)42-31(27(7)8)19-16-20-32(42)28(9)10/h15-20,23-28,47,51H,11-14,21-22H2,1-10H3. The molecule has 0 fully saturated rings. The predicted molar refractivity (Wildman–Crippen MR) is 225 cm³/mol. The van der Waals surface area contributed by atoms with Gasteiger partial charge in [0.2, 0.25) is 5.88 Å². The van der Waals surface area contributed by atoms with Crippen LogP contribution in [0.2, 0.25) is 0 Å². The predicted octanol–water partition coefficient (Wildman–Crippen LogP) is 9.75. The molecule has 1 aromatic heterocycles. The van der Waals surface area contributed by atoms with Gasteiger partial charge >= 0.3 is 0 Å². The van der Waals surface area contributed by atoms with Gasteiger partial charge in [-0.25, -0.2) is 9.13 Å². The first-order valence-electron chi connectivity index (χ1n) is 19.9. The van der Waals surface area contributed by atoms with E-state index >= 15 is 14.4 Å². The Labute approximate surface area is 318 Å². The Morgan fingerprint density at radius 1 is 0.648 bits per heavy atom. The van der Waals surface area contributed by atoms with Crippen molar-refractivity contribution < 1.29 is 5.11 Å². The summed E-state index contributed by atoms with van der Waals surface area (Å²) in [6, 6.07) is 15.5. The number of unbranched alkanes of at least 4 members (excludes halogenated alkanes) is 2. The Bertz CT molecular complexity index is 2490. The Morgan fingerprint density at radius 3 is 1.65 bits per heavy atom. The van der Waals surface area contributed by atoms with E-state index in [9.17, 15) is 5.11 Å². The lowest BCUT2D eigenvalue weighted by molar-refractivity contribution is 0.442. The lowest BCUT2D eigenvalue weighted by Crippen LogP contribution is -2.37. The minimum Gasteiger partial charge on any atom is -0.494 e. The smallest absolute Gasteiger partial charge is 0.268 e. The van der Waals surface area contributed by atoms with Crippen LogP contribution in [0, 0.1) is 0 Å². The molecule has 54 heavy (non-hydrogen) atoms. The van der Waals surface area contributed by atoms with Gasteiger partial charge < -0.3 is 10.4 Å². The molecular formula is C46H56N4O4. The molecule has 0 saturated heterocycles. The highest BCUT2D eigenvalue weighted by molar-refractivity contribution is 6.19. The molecule has 0 spiro atoms. The maximum absolute atomic E-state index is 15.2. The number of pyridine rings is 2. The van der Waals surface area contributed by atoms with Crippen molar-refractivity contribution in [1.29, 1.82) is 0 Å². The fraction of sp³-hybridized carbons (Fsp3) is 0.435. The maximum Gasteiger partial charge on any atom is 0.268 e. The van der Waals surface area contributed by atoms with Crippen molar-refractivity contribution in [3.05, 3.63) is 107 Å². The Hall–Kier alpha value is -4.98. The van der Waals surface area contributed by atoms with E-state index in [1.165, 1.54) is 9.13 Å². The second-order valence-corrected chi connectivity index (χ2v) is 16.0. The lowest BCUT2D eigenvalue weighted by atomic mass is 9.88. The molecule has 3 aromatic carbocycles. The zero-order valence-corrected chi connectivity index (χ0v) is 33.7. The number of hydrogen-bond donors (Lipinski definition) is 2. The van der Waals surface area contributed by atoms with E-state index in [1.54, 1.807) is 6.07 Å². The van der Waals surface area contributed by atoms with Crippen LogP contribution in [-0.4, -0.2) is 27.3 Å². The molecule has 1 aliphatic heterocycles. The lowest BCUT2D eigenvalue weighted by Gasteiger charge is -2.26. The maximum atomic E-state index is 15.2. The van der Waals surface area contributed by atoms with Gasteiger partial charge in [0.05, 0.1) is 33.1 Å². The highest BCUT2D eigenvalue weighted by Crippen LogP contribution is 2.43. The molecule has 0 atom stereocenters. The number of aromatic hydroxyl groups is 1. The molecule has 8 nitrogen and oxygen atoms in total. The largest absolute Gasteiger partial charge is 0.494 e. The molecule has 2 heterocycles. The van der Waals surface area contributed by atoms with Gasteiger partial charge in [-0.2, -0.15) is 0 Å². The fourth-order valence-electron chi connectivity index (χ4n) is 8.03. The summed E-state index contributed by atoms with van der Waals surface area (Å²) in [5, 5.41) is 17.8. The number of anilines is 1. The summed E-state index contributed by atoms with van der Waals surface area (Å²) < 4.78 is 2.81. The molecule has 0 bridgehead atoms. The third kappa shape index (κ3) is 6.37. The zero-order valence-electron chi connectivity index (χ0n) is 33.7. The monoisotopic (exact) mass is 728 g/mol. The average molecular weight is 729 g/mol. The zero-order chi connectivity index (χ0) is 39.2. The molecule has 6 rings (SSSR count). The van der Waals surface area contributed by atoms with Gasteiger partial charge in [0.25, 0.3) is 16.7 Å². The number of benzene rings is 4. The van der Waals surface area contributed by atoms with Crippen LogP contribution in [0.25, 0.3) is 44.0 Å². The van der Waals surface area contributed by atoms with Crippen LogP contribution in [0.15, 0.2) is 67.9 Å². The molecule has 0 amide bonds. The van der Waals surface area contributed by atoms with E-state index in [2.05, 4.69) is 74.6 Å². The van der Waals surface area contributed by atoms with Crippen LogP contribution >= 0.6 is 0 Å². The Balaban J connectivity index is 1.93. The number of nitrogens with zero attached hydrogens (tertiary/aromatic N) is 3. The molecular weight excluding hydrogens is 673 g/mol. The molecule has 2 aliphatic rings. The van der Waals surface area contributed by atoms with Crippen molar-refractivity contribution in [3.63, 3.8) is 0 Å². The minimum atomic E-state index is -0.459. The van der Waals surface area contributed by atoms with Crippen molar-refractivity contribution in [2.24, 2.45) is 4.99 Å². The van der Waals surface area contributed by atoms with Crippen molar-refractivity contribution >= 4 is 27.2 Å². The van der Waals surface area contributed by atoms with Crippen LogP contribution < -0.4 is 27.4 Å². The molecule has 0 saturated carbocycles. The van der Waals surface area contributed by atoms with Crippen molar-refractivity contribution in [3.8, 4) is 28.4 Å². The first-order chi connectivity index (χ1) is 25.8. The third-order valence-electron chi connectivity index (χ3n) is 10.9. The van der Waals surface area contributed by atoms with Crippen LogP contribution in [0.4, 0.5) is 5.69 Å². The first-order valence-corrected chi connectivity index (χ1v) is 19.9. The normalized spacial score (nSPS) is 12.7. The fourth-order valence-corrected chi connectivity index (χ4v) is 8.03. The summed E-state index contributed by atoms with van der Waals surface area (Å²) in [5.74, 6) is -0.0305. The van der Waals surface area contributed by atoms with Gasteiger partial charge in [0.1, 0.15) is 0 Å². The number of para-hydroxylation sites is 2. The van der Waals surface area contributed by atoms with Crippen molar-refractivity contribution in [2.45, 2.75) is 119 Å². The van der Waals surface area contributed by atoms with Crippen molar-refractivity contribution in [1.82, 2.24) is 9.13 Å². The summed E-state index contributed by atoms with van der Waals surface area (Å²) >= 11 is 0. The first kappa shape index (κ1) is 38.7. The summed E-state index contributed by atoms with van der Waals surface area (Å²) in [6.07, 6.45) is 3.49. The van der Waals surface area contributed by atoms with Gasteiger partial charge in [-0.3, -0.25) is 19.4 Å². The quantitative estimate of drug-likeness (QED) is 0.0910. The molecule has 2 N–H and O–H groups in total. The summed E-state index contributed by atoms with van der Waals surface area (Å²) in [7, 11) is 0. The van der Waals surface area contributed by atoms with E-state index in [4.69, 9.17) is 4.99 Å². The van der Waals surface area contributed by atoms with E-state index < -0.39 is 16.7 Å². The topological polar surface area (TPSA) is 106 Å². The summed E-state index contributed by atoms with van der Waals surface area (Å²) in [4.78, 5) is 50.5. The van der Waals surface area contributed by atoms with E-state index in [1.807, 2.05) is 42.5 Å². The van der Waals surface area contributed by atoms with Gasteiger partial charge in [-0.1, -0.05) is 118 Å². The summed E-state index contributed by atoms with van der Waals surface area (Å²) in [6.45, 7) is 21.8. The van der Waals surface area contributed by atoms with Gasteiger partial charge in [0, 0.05) is 35.1 Å². The van der Waals surface area contributed by atoms with Crippen LogP contribution in [0.3, 0.4) is 0 Å². The van der Waals surface area contributed by atoms with E-state index in [-0.39, 0.29) is 29.6 Å². The molecule has 8 heteroatoms. The second kappa shape index (κ2) is 15.4. The number of aromatic nitrogens is 2. The Kier molecular flexibility index (Phi) is 11.0. The van der Waals surface area contributed by atoms with Crippen LogP contribution in [0.5, 0.6) is 5.88 Å². The van der Waals surface area contributed by atoms with Gasteiger partial charge in [-0.15, -0.1) is 0 Å².